The molecule has 2 aliphatic rings. The van der Waals surface area contributed by atoms with Crippen LogP contribution in [0.15, 0.2) is 18.2 Å². The van der Waals surface area contributed by atoms with Gasteiger partial charge in [0, 0.05) is 12.6 Å². The first-order valence-electron chi connectivity index (χ1n) is 7.33. The standard InChI is InChI=1S/C16H18F3NO/c1-9(21)20-15-8-12(16(17,18)19)4-5-13(15)14-7-10-2-3-11(14)6-10/h4-5,8,10-11,14H,2-3,6-7H2,1H3,(H,20,21)/t10?,11?,14-/m0/s1. The fourth-order valence-corrected chi connectivity index (χ4v) is 3.98. The van der Waals surface area contributed by atoms with Crippen molar-refractivity contribution in [1.29, 1.82) is 0 Å². The third kappa shape index (κ3) is 2.78. The molecule has 2 nitrogen and oxygen atoms in total. The lowest BCUT2D eigenvalue weighted by Gasteiger charge is -2.25. The molecule has 1 N–H and O–H groups in total. The molecule has 0 aromatic heterocycles. The molecule has 0 radical (unpaired) electrons. The molecule has 2 fully saturated rings. The monoisotopic (exact) mass is 297 g/mol. The summed E-state index contributed by atoms with van der Waals surface area (Å²) >= 11 is 0. The molecule has 0 saturated heterocycles. The average Bonchev–Trinajstić information content (AvgIpc) is 2.99. The van der Waals surface area contributed by atoms with E-state index in [4.69, 9.17) is 0 Å². The van der Waals surface area contributed by atoms with Gasteiger partial charge in [-0.15, -0.1) is 0 Å². The fourth-order valence-electron chi connectivity index (χ4n) is 3.98. The number of carbonyl (C=O) groups excluding carboxylic acids is 1. The van der Waals surface area contributed by atoms with E-state index in [1.165, 1.54) is 19.8 Å². The smallest absolute Gasteiger partial charge is 0.326 e. The molecule has 2 unspecified atom stereocenters. The Labute approximate surface area is 121 Å². The molecule has 0 aliphatic heterocycles. The van der Waals surface area contributed by atoms with Gasteiger partial charge in [0.1, 0.15) is 0 Å². The lowest BCUT2D eigenvalue weighted by atomic mass is 9.82. The van der Waals surface area contributed by atoms with Crippen LogP contribution >= 0.6 is 0 Å². The van der Waals surface area contributed by atoms with Crippen molar-refractivity contribution in [1.82, 2.24) is 0 Å². The highest BCUT2D eigenvalue weighted by molar-refractivity contribution is 5.89. The van der Waals surface area contributed by atoms with Crippen LogP contribution in [0.5, 0.6) is 0 Å². The first-order chi connectivity index (χ1) is 9.84. The average molecular weight is 297 g/mol. The summed E-state index contributed by atoms with van der Waals surface area (Å²) in [7, 11) is 0. The van der Waals surface area contributed by atoms with E-state index in [0.29, 0.717) is 17.5 Å². The van der Waals surface area contributed by atoms with Crippen LogP contribution in [-0.4, -0.2) is 5.91 Å². The van der Waals surface area contributed by atoms with E-state index in [0.717, 1.165) is 30.5 Å². The van der Waals surface area contributed by atoms with Crippen LogP contribution in [0.2, 0.25) is 0 Å². The van der Waals surface area contributed by atoms with Crippen molar-refractivity contribution in [2.24, 2.45) is 11.8 Å². The van der Waals surface area contributed by atoms with Gasteiger partial charge in [-0.1, -0.05) is 12.5 Å². The Bertz CT molecular complexity index is 567. The van der Waals surface area contributed by atoms with Gasteiger partial charge >= 0.3 is 6.18 Å². The van der Waals surface area contributed by atoms with Gasteiger partial charge in [0.2, 0.25) is 5.91 Å². The van der Waals surface area contributed by atoms with Crippen molar-refractivity contribution in [3.05, 3.63) is 29.3 Å². The zero-order valence-corrected chi connectivity index (χ0v) is 11.8. The molecule has 0 spiro atoms. The minimum absolute atomic E-state index is 0.285. The van der Waals surface area contributed by atoms with Gasteiger partial charge in [-0.05, 0) is 54.7 Å². The number of benzene rings is 1. The van der Waals surface area contributed by atoms with Crippen LogP contribution in [0.1, 0.15) is 49.7 Å². The molecule has 2 saturated carbocycles. The van der Waals surface area contributed by atoms with Crippen molar-refractivity contribution in [2.45, 2.75) is 44.7 Å². The van der Waals surface area contributed by atoms with Crippen molar-refractivity contribution in [3.8, 4) is 0 Å². The fraction of sp³-hybridized carbons (Fsp3) is 0.562. The third-order valence-corrected chi connectivity index (χ3v) is 4.83. The number of nitrogens with one attached hydrogen (secondary N) is 1. The Balaban J connectivity index is 1.97. The summed E-state index contributed by atoms with van der Waals surface area (Å²) in [5.74, 6) is 1.21. The zero-order valence-electron chi connectivity index (χ0n) is 11.8. The summed E-state index contributed by atoms with van der Waals surface area (Å²) in [5, 5.41) is 2.58. The number of halogens is 3. The molecule has 0 heterocycles. The number of carbonyl (C=O) groups is 1. The van der Waals surface area contributed by atoms with Gasteiger partial charge in [0.15, 0.2) is 0 Å². The van der Waals surface area contributed by atoms with Gasteiger partial charge in [0.05, 0.1) is 5.56 Å². The molecule has 5 heteroatoms. The Morgan fingerprint density at radius 2 is 2.00 bits per heavy atom. The molecule has 1 aromatic carbocycles. The Morgan fingerprint density at radius 1 is 1.24 bits per heavy atom. The molecular formula is C16H18F3NO. The second-order valence-corrected chi connectivity index (χ2v) is 6.26. The van der Waals surface area contributed by atoms with E-state index in [-0.39, 0.29) is 11.8 Å². The van der Waals surface area contributed by atoms with Crippen LogP contribution in [0.3, 0.4) is 0 Å². The topological polar surface area (TPSA) is 29.1 Å². The maximum atomic E-state index is 12.9. The maximum Gasteiger partial charge on any atom is 0.416 e. The predicted octanol–water partition coefficient (Wildman–Crippen LogP) is 4.57. The van der Waals surface area contributed by atoms with Gasteiger partial charge in [-0.25, -0.2) is 0 Å². The molecule has 2 aliphatic carbocycles. The van der Waals surface area contributed by atoms with Crippen molar-refractivity contribution in [3.63, 3.8) is 0 Å². The summed E-state index contributed by atoms with van der Waals surface area (Å²) in [5.41, 5.74) is 0.485. The van der Waals surface area contributed by atoms with Gasteiger partial charge in [-0.2, -0.15) is 13.2 Å². The quantitative estimate of drug-likeness (QED) is 0.851. The SMILES string of the molecule is CC(=O)Nc1cc(C(F)(F)F)ccc1[C@H]1CC2CCC1C2. The highest BCUT2D eigenvalue weighted by Crippen LogP contribution is 2.54. The summed E-state index contributed by atoms with van der Waals surface area (Å²) in [6.07, 6.45) is 0.196. The van der Waals surface area contributed by atoms with Gasteiger partial charge < -0.3 is 5.32 Å². The lowest BCUT2D eigenvalue weighted by Crippen LogP contribution is -2.15. The number of amides is 1. The van der Waals surface area contributed by atoms with Crippen LogP contribution in [0.4, 0.5) is 18.9 Å². The lowest BCUT2D eigenvalue weighted by molar-refractivity contribution is -0.137. The summed E-state index contributed by atoms with van der Waals surface area (Å²) in [6.45, 7) is 1.32. The molecule has 1 amide bonds. The first kappa shape index (κ1) is 14.4. The second kappa shape index (κ2) is 5.04. The summed E-state index contributed by atoms with van der Waals surface area (Å²) < 4.78 is 38.6. The molecule has 3 atom stereocenters. The van der Waals surface area contributed by atoms with Crippen LogP contribution in [-0.2, 0) is 11.0 Å². The van der Waals surface area contributed by atoms with E-state index in [9.17, 15) is 18.0 Å². The number of rotatable bonds is 2. The number of alkyl halides is 3. The molecular weight excluding hydrogens is 279 g/mol. The van der Waals surface area contributed by atoms with Gasteiger partial charge in [0.25, 0.3) is 0 Å². The van der Waals surface area contributed by atoms with Gasteiger partial charge in [-0.3, -0.25) is 4.79 Å². The highest BCUT2D eigenvalue weighted by atomic mass is 19.4. The number of anilines is 1. The molecule has 21 heavy (non-hydrogen) atoms. The minimum Gasteiger partial charge on any atom is -0.326 e. The minimum atomic E-state index is -4.39. The summed E-state index contributed by atoms with van der Waals surface area (Å²) in [4.78, 5) is 11.3. The highest BCUT2D eigenvalue weighted by Gasteiger charge is 2.41. The van der Waals surface area contributed by atoms with Crippen LogP contribution in [0, 0.1) is 11.8 Å². The van der Waals surface area contributed by atoms with E-state index in [2.05, 4.69) is 5.32 Å². The number of hydrogen-bond donors (Lipinski definition) is 1. The Hall–Kier alpha value is -1.52. The largest absolute Gasteiger partial charge is 0.416 e. The first-order valence-corrected chi connectivity index (χ1v) is 7.33. The van der Waals surface area contributed by atoms with Crippen molar-refractivity contribution in [2.75, 3.05) is 5.32 Å². The van der Waals surface area contributed by atoms with Crippen LogP contribution < -0.4 is 5.32 Å². The predicted molar refractivity (Wildman–Crippen MR) is 73.9 cm³/mol. The van der Waals surface area contributed by atoms with E-state index in [1.54, 1.807) is 6.07 Å². The van der Waals surface area contributed by atoms with Crippen molar-refractivity contribution < 1.29 is 18.0 Å². The number of fused-ring (bicyclic) bond motifs is 2. The van der Waals surface area contributed by atoms with Crippen LogP contribution in [0.25, 0.3) is 0 Å². The Morgan fingerprint density at radius 3 is 2.52 bits per heavy atom. The zero-order chi connectivity index (χ0) is 15.2. The van der Waals surface area contributed by atoms with Crippen molar-refractivity contribution >= 4 is 11.6 Å². The normalized spacial score (nSPS) is 27.9. The van der Waals surface area contributed by atoms with E-state index in [1.807, 2.05) is 0 Å². The second-order valence-electron chi connectivity index (χ2n) is 6.26. The van der Waals surface area contributed by atoms with E-state index >= 15 is 0 Å². The maximum absolute atomic E-state index is 12.9. The molecule has 2 bridgehead atoms. The number of hydrogen-bond acceptors (Lipinski definition) is 1. The Kier molecular flexibility index (Phi) is 3.46. The molecule has 1 aromatic rings. The molecule has 114 valence electrons. The summed E-state index contributed by atoms with van der Waals surface area (Å²) in [6, 6.07) is 3.76. The third-order valence-electron chi connectivity index (χ3n) is 4.83. The molecule has 3 rings (SSSR count). The van der Waals surface area contributed by atoms with E-state index < -0.39 is 11.7 Å².